The topological polar surface area (TPSA) is 55.6 Å². The van der Waals surface area contributed by atoms with Crippen molar-refractivity contribution in [2.45, 2.75) is 0 Å². The molecule has 2 aromatic rings. The smallest absolute Gasteiger partial charge is 0.300 e. The van der Waals surface area contributed by atoms with E-state index >= 15 is 0 Å². The normalized spacial score (nSPS) is 15.9. The molecule has 23 heavy (non-hydrogen) atoms. The molecular weight excluding hydrogens is 292 g/mol. The van der Waals surface area contributed by atoms with Crippen LogP contribution in [-0.2, 0) is 4.74 Å². The second-order valence-corrected chi connectivity index (χ2v) is 5.29. The predicted molar refractivity (Wildman–Crippen MR) is 89.1 cm³/mol. The van der Waals surface area contributed by atoms with Crippen LogP contribution in [0.5, 0.6) is 0 Å². The van der Waals surface area contributed by atoms with Crippen molar-refractivity contribution < 1.29 is 9.66 Å². The van der Waals surface area contributed by atoms with Crippen LogP contribution in [-0.4, -0.2) is 36.1 Å². The Bertz CT molecular complexity index is 693. The van der Waals surface area contributed by atoms with Gasteiger partial charge in [-0.1, -0.05) is 48.5 Å². The van der Waals surface area contributed by atoms with Gasteiger partial charge in [-0.05, 0) is 12.1 Å². The first-order valence-corrected chi connectivity index (χ1v) is 7.59. The largest absolute Gasteiger partial charge is 0.378 e. The van der Waals surface area contributed by atoms with E-state index in [1.165, 1.54) is 0 Å². The van der Waals surface area contributed by atoms with Gasteiger partial charge >= 0.3 is 0 Å². The fraction of sp³-hybridized carbons (Fsp3) is 0.222. The summed E-state index contributed by atoms with van der Waals surface area (Å²) >= 11 is 0. The second kappa shape index (κ2) is 7.07. The highest BCUT2D eigenvalue weighted by atomic mass is 16.6. The number of morpholine rings is 1. The van der Waals surface area contributed by atoms with Crippen molar-refractivity contribution in [1.82, 2.24) is 4.90 Å². The molecule has 0 atom stereocenters. The van der Waals surface area contributed by atoms with Crippen LogP contribution in [0.25, 0.3) is 11.4 Å². The summed E-state index contributed by atoms with van der Waals surface area (Å²) in [7, 11) is 0. The lowest BCUT2D eigenvalue weighted by Crippen LogP contribution is -2.36. The quantitative estimate of drug-likeness (QED) is 0.494. The molecule has 1 aliphatic heterocycles. The fourth-order valence-corrected chi connectivity index (χ4v) is 2.78. The fourth-order valence-electron chi connectivity index (χ4n) is 2.78. The highest BCUT2D eigenvalue weighted by Gasteiger charge is 2.27. The molecule has 118 valence electrons. The van der Waals surface area contributed by atoms with Crippen molar-refractivity contribution in [3.8, 4) is 0 Å². The number of rotatable bonds is 4. The molecule has 5 nitrogen and oxygen atoms in total. The molecule has 0 bridgehead atoms. The summed E-state index contributed by atoms with van der Waals surface area (Å²) in [6.45, 7) is 2.45. The van der Waals surface area contributed by atoms with Crippen LogP contribution >= 0.6 is 0 Å². The highest BCUT2D eigenvalue weighted by Crippen LogP contribution is 2.30. The Morgan fingerprint density at radius 3 is 1.96 bits per heavy atom. The lowest BCUT2D eigenvalue weighted by atomic mass is 10.0. The van der Waals surface area contributed by atoms with E-state index in [0.717, 1.165) is 5.56 Å². The molecule has 1 saturated heterocycles. The van der Waals surface area contributed by atoms with Gasteiger partial charge in [0.2, 0.25) is 0 Å². The van der Waals surface area contributed by atoms with Crippen molar-refractivity contribution in [2.75, 3.05) is 26.3 Å². The van der Waals surface area contributed by atoms with E-state index < -0.39 is 0 Å². The monoisotopic (exact) mass is 310 g/mol. The minimum atomic E-state index is -0.285. The molecular formula is C18H18N2O3. The van der Waals surface area contributed by atoms with Gasteiger partial charge in [0.1, 0.15) is 5.70 Å². The summed E-state index contributed by atoms with van der Waals surface area (Å²) in [5, 5.41) is 11.8. The predicted octanol–water partition coefficient (Wildman–Crippen LogP) is 3.12. The molecule has 0 saturated carbocycles. The molecule has 3 rings (SSSR count). The zero-order valence-electron chi connectivity index (χ0n) is 12.7. The first-order valence-electron chi connectivity index (χ1n) is 7.59. The molecule has 0 aromatic heterocycles. The van der Waals surface area contributed by atoms with Crippen molar-refractivity contribution in [1.29, 1.82) is 0 Å². The Hall–Kier alpha value is -2.66. The summed E-state index contributed by atoms with van der Waals surface area (Å²) in [6.07, 6.45) is 0. The minimum Gasteiger partial charge on any atom is -0.378 e. The molecule has 0 spiro atoms. The third kappa shape index (κ3) is 3.40. The summed E-state index contributed by atoms with van der Waals surface area (Å²) in [6, 6.07) is 18.6. The summed E-state index contributed by atoms with van der Waals surface area (Å²) < 4.78 is 5.40. The molecule has 1 fully saturated rings. The molecule has 1 aliphatic rings. The molecule has 0 amide bonds. The highest BCUT2D eigenvalue weighted by molar-refractivity contribution is 5.85. The zero-order chi connectivity index (χ0) is 16.1. The summed E-state index contributed by atoms with van der Waals surface area (Å²) in [5.74, 6) is 0. The van der Waals surface area contributed by atoms with Crippen LogP contribution in [0.1, 0.15) is 11.1 Å². The van der Waals surface area contributed by atoms with Crippen molar-refractivity contribution in [3.05, 3.63) is 81.9 Å². The Balaban J connectivity index is 2.19. The van der Waals surface area contributed by atoms with Crippen LogP contribution in [0, 0.1) is 10.1 Å². The lowest BCUT2D eigenvalue weighted by Gasteiger charge is -2.31. The summed E-state index contributed by atoms with van der Waals surface area (Å²) in [4.78, 5) is 13.6. The average Bonchev–Trinajstić information content (AvgIpc) is 2.61. The van der Waals surface area contributed by atoms with Crippen molar-refractivity contribution in [2.24, 2.45) is 0 Å². The SMILES string of the molecule is O=[N+]([O-])C(=C(c1ccccc1)N1CCOCC1)c1ccccc1. The van der Waals surface area contributed by atoms with Gasteiger partial charge in [0, 0.05) is 18.7 Å². The molecule has 0 N–H and O–H groups in total. The van der Waals surface area contributed by atoms with Crippen LogP contribution < -0.4 is 0 Å². The number of nitro groups is 1. The van der Waals surface area contributed by atoms with Gasteiger partial charge in [0.25, 0.3) is 5.70 Å². The molecule has 1 heterocycles. The van der Waals surface area contributed by atoms with Gasteiger partial charge in [-0.3, -0.25) is 10.1 Å². The number of benzene rings is 2. The van der Waals surface area contributed by atoms with E-state index in [1.807, 2.05) is 53.4 Å². The average molecular weight is 310 g/mol. The van der Waals surface area contributed by atoms with E-state index in [-0.39, 0.29) is 10.6 Å². The Morgan fingerprint density at radius 1 is 0.913 bits per heavy atom. The van der Waals surface area contributed by atoms with E-state index in [2.05, 4.69) is 0 Å². The van der Waals surface area contributed by atoms with Gasteiger partial charge in [-0.15, -0.1) is 0 Å². The van der Waals surface area contributed by atoms with Crippen LogP contribution in [0.2, 0.25) is 0 Å². The molecule has 0 radical (unpaired) electrons. The standard InChI is InChI=1S/C18H18N2O3/c21-20(22)18(16-9-5-2-6-10-16)17(15-7-3-1-4-8-15)19-11-13-23-14-12-19/h1-10H,11-14H2. The van der Waals surface area contributed by atoms with Gasteiger partial charge in [0.05, 0.1) is 23.7 Å². The first kappa shape index (κ1) is 15.2. The third-order valence-corrected chi connectivity index (χ3v) is 3.83. The maximum absolute atomic E-state index is 11.8. The Kier molecular flexibility index (Phi) is 4.68. The van der Waals surface area contributed by atoms with Gasteiger partial charge in [-0.25, -0.2) is 0 Å². The van der Waals surface area contributed by atoms with E-state index in [1.54, 1.807) is 12.1 Å². The Labute approximate surface area is 135 Å². The van der Waals surface area contributed by atoms with Gasteiger partial charge in [0.15, 0.2) is 0 Å². The maximum Gasteiger partial charge on any atom is 0.300 e. The second-order valence-electron chi connectivity index (χ2n) is 5.29. The van der Waals surface area contributed by atoms with Crippen LogP contribution in [0.4, 0.5) is 0 Å². The van der Waals surface area contributed by atoms with Crippen LogP contribution in [0.15, 0.2) is 60.7 Å². The number of ether oxygens (including phenoxy) is 1. The Morgan fingerprint density at radius 2 is 1.43 bits per heavy atom. The van der Waals surface area contributed by atoms with Gasteiger partial charge in [-0.2, -0.15) is 0 Å². The van der Waals surface area contributed by atoms with Crippen molar-refractivity contribution in [3.63, 3.8) is 0 Å². The van der Waals surface area contributed by atoms with Crippen molar-refractivity contribution >= 4 is 11.4 Å². The molecule has 2 aromatic carbocycles. The number of hydrogen-bond donors (Lipinski definition) is 0. The molecule has 5 heteroatoms. The minimum absolute atomic E-state index is 0.138. The van der Waals surface area contributed by atoms with Crippen LogP contribution in [0.3, 0.4) is 0 Å². The summed E-state index contributed by atoms with van der Waals surface area (Å²) in [5.41, 5.74) is 2.26. The zero-order valence-corrected chi connectivity index (χ0v) is 12.7. The van der Waals surface area contributed by atoms with E-state index in [4.69, 9.17) is 4.74 Å². The molecule has 0 unspecified atom stereocenters. The van der Waals surface area contributed by atoms with E-state index in [0.29, 0.717) is 37.6 Å². The van der Waals surface area contributed by atoms with E-state index in [9.17, 15) is 10.1 Å². The molecule has 0 aliphatic carbocycles. The third-order valence-electron chi connectivity index (χ3n) is 3.83. The maximum atomic E-state index is 11.8. The number of nitrogens with zero attached hydrogens (tertiary/aromatic N) is 2. The lowest BCUT2D eigenvalue weighted by molar-refractivity contribution is -0.375. The first-order chi connectivity index (χ1) is 11.3. The van der Waals surface area contributed by atoms with Gasteiger partial charge < -0.3 is 9.64 Å². The number of hydrogen-bond acceptors (Lipinski definition) is 4.